The average molecular weight is 406 g/mol. The van der Waals surface area contributed by atoms with Gasteiger partial charge in [0.05, 0.1) is 12.7 Å². The first-order chi connectivity index (χ1) is 12.2. The van der Waals surface area contributed by atoms with Crippen molar-refractivity contribution in [2.45, 2.75) is 44.2 Å². The summed E-state index contributed by atoms with van der Waals surface area (Å²) in [6.07, 6.45) is -3.87. The quantitative estimate of drug-likeness (QED) is 0.344. The van der Waals surface area contributed by atoms with Crippen LogP contribution in [0.5, 0.6) is 0 Å². The highest BCUT2D eigenvalue weighted by molar-refractivity contribution is 8.07. The molecule has 1 aromatic heterocycles. The van der Waals surface area contributed by atoms with E-state index in [1.54, 1.807) is 13.8 Å². The highest BCUT2D eigenvalue weighted by atomic mass is 32.5. The number of nitrogens with zero attached hydrogens (tertiary/aromatic N) is 5. The first kappa shape index (κ1) is 19.2. The van der Waals surface area contributed by atoms with Crippen LogP contribution in [0, 0.1) is 0 Å². The summed E-state index contributed by atoms with van der Waals surface area (Å²) in [4.78, 5) is 18.2. The zero-order valence-corrected chi connectivity index (χ0v) is 15.5. The maximum Gasteiger partial charge on any atom is 0.351 e. The largest absolute Gasteiger partial charge is 0.383 e. The van der Waals surface area contributed by atoms with Gasteiger partial charge < -0.3 is 19.5 Å². The van der Waals surface area contributed by atoms with Crippen molar-refractivity contribution in [1.82, 2.24) is 9.55 Å². The predicted molar refractivity (Wildman–Crippen MR) is 91.1 cm³/mol. The molecule has 11 nitrogen and oxygen atoms in total. The molecule has 142 valence electrons. The van der Waals surface area contributed by atoms with Crippen molar-refractivity contribution in [2.24, 2.45) is 5.11 Å². The second kappa shape index (κ2) is 6.86. The van der Waals surface area contributed by atoms with Gasteiger partial charge in [-0.3, -0.25) is 9.09 Å². The molecule has 0 aromatic carbocycles. The molecule has 1 aromatic rings. The molecule has 3 rings (SSSR count). The number of ether oxygens (including phenoxy) is 1. The minimum absolute atomic E-state index is 0.0257. The van der Waals surface area contributed by atoms with E-state index in [1.165, 1.54) is 12.3 Å². The van der Waals surface area contributed by atoms with Crippen LogP contribution in [-0.2, 0) is 30.1 Å². The van der Waals surface area contributed by atoms with E-state index in [4.69, 9.17) is 41.4 Å². The standard InChI is InChI=1S/C12H16FN6O5PS/c1-6(2)23-25(26)21-5-12(17-18-15)9(24-25)8(13)10(22-12)19-4-3-7(14)16-11(19)20/h3-4,6,8-10H,5H2,1-2H3,(H2,14,16,20)/t8-,9+,10-,12-,25?/m1/s1. The fourth-order valence-corrected chi connectivity index (χ4v) is 5.21. The summed E-state index contributed by atoms with van der Waals surface area (Å²) in [6, 6.07) is 1.31. The summed E-state index contributed by atoms with van der Waals surface area (Å²) in [7, 11) is 0. The van der Waals surface area contributed by atoms with Crippen LogP contribution < -0.4 is 11.4 Å². The van der Waals surface area contributed by atoms with E-state index in [0.717, 1.165) is 4.57 Å². The van der Waals surface area contributed by atoms with Gasteiger partial charge in [0.2, 0.25) is 5.72 Å². The van der Waals surface area contributed by atoms with Crippen LogP contribution >= 0.6 is 6.72 Å². The topological polar surface area (TPSA) is 147 Å². The van der Waals surface area contributed by atoms with E-state index < -0.39 is 36.6 Å². The zero-order chi connectivity index (χ0) is 19.1. The summed E-state index contributed by atoms with van der Waals surface area (Å²) in [5, 5.41) is 3.52. The summed E-state index contributed by atoms with van der Waals surface area (Å²) in [6.45, 7) is -0.212. The van der Waals surface area contributed by atoms with Crippen LogP contribution in [0.1, 0.15) is 20.1 Å². The molecule has 0 amide bonds. The van der Waals surface area contributed by atoms with Crippen molar-refractivity contribution in [3.63, 3.8) is 0 Å². The van der Waals surface area contributed by atoms with Crippen molar-refractivity contribution in [1.29, 1.82) is 0 Å². The zero-order valence-electron chi connectivity index (χ0n) is 13.8. The van der Waals surface area contributed by atoms with Crippen molar-refractivity contribution in [2.75, 3.05) is 12.3 Å². The smallest absolute Gasteiger partial charge is 0.351 e. The van der Waals surface area contributed by atoms with E-state index in [9.17, 15) is 4.79 Å². The molecule has 3 heterocycles. The lowest BCUT2D eigenvalue weighted by molar-refractivity contribution is -0.138. The number of hydrogen-bond acceptors (Lipinski definition) is 9. The number of nitrogens with two attached hydrogens (primary N) is 1. The molecule has 2 N–H and O–H groups in total. The lowest BCUT2D eigenvalue weighted by Gasteiger charge is -2.39. The highest BCUT2D eigenvalue weighted by Crippen LogP contribution is 2.61. The molecular weight excluding hydrogens is 390 g/mol. The Kier molecular flexibility index (Phi) is 5.06. The minimum atomic E-state index is -3.27. The molecule has 0 radical (unpaired) electrons. The molecular formula is C12H16FN6O5PS. The average Bonchev–Trinajstić information content (AvgIpc) is 2.80. The van der Waals surface area contributed by atoms with Gasteiger partial charge in [-0.05, 0) is 37.3 Å². The van der Waals surface area contributed by atoms with E-state index in [0.29, 0.717) is 0 Å². The molecule has 0 aliphatic carbocycles. The lowest BCUT2D eigenvalue weighted by atomic mass is 10.1. The van der Waals surface area contributed by atoms with Crippen molar-refractivity contribution >= 4 is 24.3 Å². The predicted octanol–water partition coefficient (Wildman–Crippen LogP) is 1.76. The van der Waals surface area contributed by atoms with Crippen LogP contribution in [0.3, 0.4) is 0 Å². The number of aromatic nitrogens is 2. The van der Waals surface area contributed by atoms with Gasteiger partial charge in [0.25, 0.3) is 0 Å². The first-order valence-corrected chi connectivity index (χ1v) is 10.1. The molecule has 2 saturated heterocycles. The summed E-state index contributed by atoms with van der Waals surface area (Å²) < 4.78 is 38.0. The lowest BCUT2D eigenvalue weighted by Crippen LogP contribution is -2.48. The van der Waals surface area contributed by atoms with Gasteiger partial charge in [0.15, 0.2) is 12.4 Å². The highest BCUT2D eigenvalue weighted by Gasteiger charge is 2.62. The summed E-state index contributed by atoms with van der Waals surface area (Å²) in [5.74, 6) is -0.0257. The number of anilines is 1. The van der Waals surface area contributed by atoms with Crippen LogP contribution in [0.4, 0.5) is 10.2 Å². The van der Waals surface area contributed by atoms with E-state index in [2.05, 4.69) is 15.0 Å². The maximum atomic E-state index is 15.1. The molecule has 1 unspecified atom stereocenters. The van der Waals surface area contributed by atoms with Crippen molar-refractivity contribution in [3.8, 4) is 0 Å². The van der Waals surface area contributed by atoms with Crippen molar-refractivity contribution < 1.29 is 22.7 Å². The van der Waals surface area contributed by atoms with Crippen LogP contribution in [-0.4, -0.2) is 40.3 Å². The van der Waals surface area contributed by atoms with Crippen LogP contribution in [0.15, 0.2) is 22.2 Å². The Labute approximate surface area is 152 Å². The SMILES string of the molecule is CC(C)OP1(=S)OC[C@@]2(N=[N+]=[N-])O[C@@H](n3ccc(N)nc3=O)[C@H](F)[C@@H]2O1. The molecule has 14 heteroatoms. The Morgan fingerprint density at radius 3 is 3.04 bits per heavy atom. The third kappa shape index (κ3) is 3.35. The number of rotatable bonds is 4. The second-order valence-corrected chi connectivity index (χ2v) is 8.85. The van der Waals surface area contributed by atoms with Crippen molar-refractivity contribution in [3.05, 3.63) is 33.2 Å². The Morgan fingerprint density at radius 2 is 2.42 bits per heavy atom. The fraction of sp³-hybridized carbons (Fsp3) is 0.667. The Morgan fingerprint density at radius 1 is 1.69 bits per heavy atom. The number of nitrogen functional groups attached to an aromatic ring is 1. The molecule has 2 aliphatic rings. The normalized spacial score (nSPS) is 36.5. The number of hydrogen-bond donors (Lipinski definition) is 1. The molecule has 0 spiro atoms. The number of azide groups is 1. The van der Waals surface area contributed by atoms with E-state index >= 15 is 4.39 Å². The molecule has 0 saturated carbocycles. The van der Waals surface area contributed by atoms with Gasteiger partial charge >= 0.3 is 12.4 Å². The number of halogens is 1. The Balaban J connectivity index is 1.98. The third-order valence-corrected chi connectivity index (χ3v) is 6.13. The van der Waals surface area contributed by atoms with Gasteiger partial charge in [-0.2, -0.15) is 4.98 Å². The Hall–Kier alpha value is -1.59. The minimum Gasteiger partial charge on any atom is -0.383 e. The third-order valence-electron chi connectivity index (χ3n) is 3.68. The van der Waals surface area contributed by atoms with Gasteiger partial charge in [-0.15, -0.1) is 0 Å². The molecule has 26 heavy (non-hydrogen) atoms. The fourth-order valence-electron chi connectivity index (χ4n) is 2.67. The van der Waals surface area contributed by atoms with E-state index in [1.807, 2.05) is 0 Å². The molecule has 0 bridgehead atoms. The van der Waals surface area contributed by atoms with Gasteiger partial charge in [0, 0.05) is 11.1 Å². The first-order valence-electron chi connectivity index (χ1n) is 7.54. The number of fused-ring (bicyclic) bond motifs is 1. The monoisotopic (exact) mass is 406 g/mol. The van der Waals surface area contributed by atoms with Gasteiger partial charge in [-0.1, -0.05) is 5.11 Å². The van der Waals surface area contributed by atoms with Crippen LogP contribution in [0.25, 0.3) is 10.4 Å². The maximum absolute atomic E-state index is 15.1. The Bertz CT molecular complexity index is 863. The van der Waals surface area contributed by atoms with Crippen LogP contribution in [0.2, 0.25) is 0 Å². The molecule has 2 aliphatic heterocycles. The van der Waals surface area contributed by atoms with E-state index in [-0.39, 0.29) is 18.5 Å². The summed E-state index contributed by atoms with van der Waals surface area (Å²) >= 11 is 5.23. The second-order valence-electron chi connectivity index (χ2n) is 5.93. The molecule has 2 fully saturated rings. The van der Waals surface area contributed by atoms with Gasteiger partial charge in [-0.25, -0.2) is 9.18 Å². The number of alkyl halides is 1. The molecule has 5 atom stereocenters. The summed E-state index contributed by atoms with van der Waals surface area (Å²) in [5.41, 5.74) is 11.6. The van der Waals surface area contributed by atoms with Gasteiger partial charge in [0.1, 0.15) is 11.9 Å².